The average molecular weight is 384 g/mol. The number of methoxy groups -OCH3 is 1. The Labute approximate surface area is 166 Å². The summed E-state index contributed by atoms with van der Waals surface area (Å²) < 4.78 is 24.9. The molecule has 1 aromatic carbocycles. The van der Waals surface area contributed by atoms with Gasteiger partial charge >= 0.3 is 0 Å². The molecule has 150 valence electrons. The number of halogens is 1. The molecule has 0 aliphatic carbocycles. The van der Waals surface area contributed by atoms with Crippen molar-refractivity contribution < 1.29 is 13.5 Å². The first-order chi connectivity index (χ1) is 13.7. The Bertz CT molecular complexity index is 805. The van der Waals surface area contributed by atoms with Gasteiger partial charge in [0.1, 0.15) is 17.3 Å². The zero-order valence-corrected chi connectivity index (χ0v) is 16.6. The molecule has 3 heterocycles. The van der Waals surface area contributed by atoms with E-state index in [1.165, 1.54) is 25.3 Å². The maximum Gasteiger partial charge on any atom is 0.127 e. The lowest BCUT2D eigenvalue weighted by Crippen LogP contribution is -2.44. The number of piperidine rings is 1. The number of benzene rings is 1. The lowest BCUT2D eigenvalue weighted by molar-refractivity contribution is 0.0877. The van der Waals surface area contributed by atoms with Crippen molar-refractivity contribution in [3.05, 3.63) is 59.8 Å². The van der Waals surface area contributed by atoms with Crippen molar-refractivity contribution in [2.45, 2.75) is 25.8 Å². The van der Waals surface area contributed by atoms with Gasteiger partial charge in [0.05, 0.1) is 13.4 Å². The third-order valence-electron chi connectivity index (χ3n) is 6.09. The molecule has 2 aliphatic heterocycles. The normalized spacial score (nSPS) is 23.8. The van der Waals surface area contributed by atoms with E-state index in [1.54, 1.807) is 19.4 Å². The number of nitrogens with zero attached hydrogens (tertiary/aromatic N) is 2. The minimum absolute atomic E-state index is 0.142. The smallest absolute Gasteiger partial charge is 0.127 e. The molecule has 2 aromatic rings. The Morgan fingerprint density at radius 2 is 2.07 bits per heavy atom. The molecule has 1 unspecified atom stereocenters. The van der Waals surface area contributed by atoms with Crippen molar-refractivity contribution in [2.75, 3.05) is 39.8 Å². The van der Waals surface area contributed by atoms with Gasteiger partial charge in [0.2, 0.25) is 0 Å². The number of likely N-dealkylation sites (tertiary alicyclic amines) is 2. The van der Waals surface area contributed by atoms with E-state index >= 15 is 0 Å². The van der Waals surface area contributed by atoms with Gasteiger partial charge in [-0.3, -0.25) is 9.80 Å². The van der Waals surface area contributed by atoms with Gasteiger partial charge in [0, 0.05) is 31.7 Å². The summed E-state index contributed by atoms with van der Waals surface area (Å²) in [5.41, 5.74) is 1.07. The molecule has 1 atom stereocenters. The summed E-state index contributed by atoms with van der Waals surface area (Å²) in [5.74, 6) is 1.48. The van der Waals surface area contributed by atoms with Gasteiger partial charge in [-0.25, -0.2) is 4.39 Å². The average Bonchev–Trinajstić information content (AvgIpc) is 3.34. The highest BCUT2D eigenvalue weighted by atomic mass is 19.1. The standard InChI is InChI=1S/C23H29FN2O2/c1-27-21-7-8-22(24)19(15-21)16-26-12-4-9-23(18-26)10-13-25(17-23)11-2-5-20-6-3-14-28-20/h2-3,5-8,14-15H,4,9-13,16-18H2,1H3/b5-2+. The van der Waals surface area contributed by atoms with Crippen LogP contribution in [0, 0.1) is 11.2 Å². The Morgan fingerprint density at radius 3 is 2.89 bits per heavy atom. The van der Waals surface area contributed by atoms with E-state index in [-0.39, 0.29) is 5.82 Å². The van der Waals surface area contributed by atoms with E-state index in [0.717, 1.165) is 49.8 Å². The first-order valence-corrected chi connectivity index (χ1v) is 10.1. The van der Waals surface area contributed by atoms with Gasteiger partial charge in [-0.05, 0) is 74.2 Å². The maximum atomic E-state index is 14.2. The van der Waals surface area contributed by atoms with Crippen LogP contribution in [-0.2, 0) is 6.54 Å². The van der Waals surface area contributed by atoms with Crippen LogP contribution in [0.25, 0.3) is 6.08 Å². The predicted octanol–water partition coefficient (Wildman–Crippen LogP) is 4.43. The summed E-state index contributed by atoms with van der Waals surface area (Å²) in [6.07, 6.45) is 9.60. The van der Waals surface area contributed by atoms with E-state index in [4.69, 9.17) is 9.15 Å². The van der Waals surface area contributed by atoms with Crippen molar-refractivity contribution >= 4 is 6.08 Å². The summed E-state index contributed by atoms with van der Waals surface area (Å²) in [6.45, 7) is 5.94. The van der Waals surface area contributed by atoms with Crippen LogP contribution in [0.1, 0.15) is 30.6 Å². The maximum absolute atomic E-state index is 14.2. The molecule has 2 saturated heterocycles. The van der Waals surface area contributed by atoms with Gasteiger partial charge in [-0.15, -0.1) is 0 Å². The number of furan rings is 1. The van der Waals surface area contributed by atoms with Crippen LogP contribution in [0.15, 0.2) is 47.1 Å². The molecule has 1 spiro atoms. The fraction of sp³-hybridized carbons (Fsp3) is 0.478. The fourth-order valence-electron chi connectivity index (χ4n) is 4.71. The molecule has 2 fully saturated rings. The Hall–Kier alpha value is -2.11. The van der Waals surface area contributed by atoms with Crippen molar-refractivity contribution in [3.63, 3.8) is 0 Å². The van der Waals surface area contributed by atoms with Crippen LogP contribution in [-0.4, -0.2) is 49.6 Å². The van der Waals surface area contributed by atoms with Crippen molar-refractivity contribution in [3.8, 4) is 5.75 Å². The van der Waals surface area contributed by atoms with Crippen LogP contribution in [0.4, 0.5) is 4.39 Å². The second-order valence-corrected chi connectivity index (χ2v) is 8.17. The summed E-state index contributed by atoms with van der Waals surface area (Å²) in [7, 11) is 1.63. The largest absolute Gasteiger partial charge is 0.497 e. The van der Waals surface area contributed by atoms with E-state index < -0.39 is 0 Å². The Balaban J connectivity index is 1.34. The highest BCUT2D eigenvalue weighted by Crippen LogP contribution is 2.39. The zero-order valence-electron chi connectivity index (χ0n) is 16.6. The molecule has 2 aliphatic rings. The van der Waals surface area contributed by atoms with Crippen molar-refractivity contribution in [2.24, 2.45) is 5.41 Å². The molecule has 0 saturated carbocycles. The van der Waals surface area contributed by atoms with Crippen LogP contribution in [0.5, 0.6) is 5.75 Å². The number of ether oxygens (including phenoxy) is 1. The van der Waals surface area contributed by atoms with Gasteiger partial charge in [-0.2, -0.15) is 0 Å². The Kier molecular flexibility index (Phi) is 5.83. The molecule has 1 aromatic heterocycles. The molecule has 0 radical (unpaired) electrons. The summed E-state index contributed by atoms with van der Waals surface area (Å²) >= 11 is 0. The van der Waals surface area contributed by atoms with Gasteiger partial charge in [0.25, 0.3) is 0 Å². The van der Waals surface area contributed by atoms with E-state index in [0.29, 0.717) is 12.0 Å². The lowest BCUT2D eigenvalue weighted by atomic mass is 9.79. The van der Waals surface area contributed by atoms with Gasteiger partial charge in [-0.1, -0.05) is 6.08 Å². The molecule has 5 heteroatoms. The molecular weight excluding hydrogens is 355 g/mol. The predicted molar refractivity (Wildman–Crippen MR) is 109 cm³/mol. The van der Waals surface area contributed by atoms with Crippen LogP contribution < -0.4 is 4.74 Å². The second kappa shape index (κ2) is 8.50. The number of hydrogen-bond donors (Lipinski definition) is 0. The Morgan fingerprint density at radius 1 is 1.18 bits per heavy atom. The fourth-order valence-corrected chi connectivity index (χ4v) is 4.71. The topological polar surface area (TPSA) is 28.9 Å². The minimum Gasteiger partial charge on any atom is -0.497 e. The zero-order chi connectivity index (χ0) is 19.4. The monoisotopic (exact) mass is 384 g/mol. The SMILES string of the molecule is COc1ccc(F)c(CN2CCCC3(CCN(C/C=C/c4ccco4)C3)C2)c1. The first kappa shape index (κ1) is 19.2. The molecule has 4 rings (SSSR count). The third kappa shape index (κ3) is 4.47. The first-order valence-electron chi connectivity index (χ1n) is 10.1. The van der Waals surface area contributed by atoms with Crippen molar-refractivity contribution in [1.29, 1.82) is 0 Å². The van der Waals surface area contributed by atoms with E-state index in [9.17, 15) is 4.39 Å². The van der Waals surface area contributed by atoms with Crippen LogP contribution in [0.2, 0.25) is 0 Å². The molecular formula is C23H29FN2O2. The highest BCUT2D eigenvalue weighted by Gasteiger charge is 2.40. The molecule has 0 N–H and O–H groups in total. The number of hydrogen-bond acceptors (Lipinski definition) is 4. The highest BCUT2D eigenvalue weighted by molar-refractivity contribution is 5.42. The minimum atomic E-state index is -0.142. The summed E-state index contributed by atoms with van der Waals surface area (Å²) in [6, 6.07) is 8.90. The third-order valence-corrected chi connectivity index (χ3v) is 6.09. The quantitative estimate of drug-likeness (QED) is 0.737. The molecule has 4 nitrogen and oxygen atoms in total. The van der Waals surface area contributed by atoms with E-state index in [1.807, 2.05) is 24.3 Å². The van der Waals surface area contributed by atoms with Crippen molar-refractivity contribution in [1.82, 2.24) is 9.80 Å². The van der Waals surface area contributed by atoms with Crippen LogP contribution in [0.3, 0.4) is 0 Å². The molecule has 0 amide bonds. The van der Waals surface area contributed by atoms with Gasteiger partial charge in [0.15, 0.2) is 0 Å². The second-order valence-electron chi connectivity index (χ2n) is 8.17. The van der Waals surface area contributed by atoms with Crippen LogP contribution >= 0.6 is 0 Å². The van der Waals surface area contributed by atoms with Gasteiger partial charge < -0.3 is 9.15 Å². The summed E-state index contributed by atoms with van der Waals surface area (Å²) in [5, 5.41) is 0. The summed E-state index contributed by atoms with van der Waals surface area (Å²) in [4.78, 5) is 4.94. The lowest BCUT2D eigenvalue weighted by Gasteiger charge is -2.40. The molecule has 28 heavy (non-hydrogen) atoms. The van der Waals surface area contributed by atoms with E-state index in [2.05, 4.69) is 15.9 Å². The molecule has 0 bridgehead atoms. The number of rotatable bonds is 6.